The smallest absolute Gasteiger partial charge is 0.287 e. The Balaban J connectivity index is 3.02. The average Bonchev–Trinajstić information content (AvgIpc) is 2.91. The van der Waals surface area contributed by atoms with Crippen molar-refractivity contribution in [2.45, 2.75) is 66.1 Å². The van der Waals surface area contributed by atoms with Gasteiger partial charge in [0.1, 0.15) is 12.1 Å². The monoisotopic (exact) mass is 382 g/mol. The second kappa shape index (κ2) is 8.49. The predicted octanol–water partition coefficient (Wildman–Crippen LogP) is -0.667. The highest BCUT2D eigenvalue weighted by atomic mass is 16.2. The van der Waals surface area contributed by atoms with Crippen LogP contribution in [0, 0.1) is 11.3 Å². The van der Waals surface area contributed by atoms with Crippen LogP contribution in [-0.4, -0.2) is 59.0 Å². The van der Waals surface area contributed by atoms with Crippen molar-refractivity contribution in [3.8, 4) is 0 Å². The van der Waals surface area contributed by atoms with E-state index in [9.17, 15) is 24.0 Å². The molecule has 0 aliphatic carbocycles. The normalized spacial score (nSPS) is 21.9. The minimum atomic E-state index is -1.13. The van der Waals surface area contributed by atoms with E-state index >= 15 is 0 Å². The first-order valence-corrected chi connectivity index (χ1v) is 8.97. The van der Waals surface area contributed by atoms with Crippen molar-refractivity contribution in [1.29, 1.82) is 0 Å². The molecule has 0 aromatic heterocycles. The van der Waals surface area contributed by atoms with Gasteiger partial charge in [0.15, 0.2) is 0 Å². The lowest BCUT2D eigenvalue weighted by atomic mass is 9.85. The number of ketones is 1. The molecule has 0 radical (unpaired) electrons. The Kier molecular flexibility index (Phi) is 7.11. The number of nitrogens with zero attached hydrogens (tertiary/aromatic N) is 1. The van der Waals surface area contributed by atoms with Crippen LogP contribution in [0.2, 0.25) is 0 Å². The molecular formula is C18H30N4O5. The Hall–Kier alpha value is -2.45. The number of likely N-dealkylation sites (tertiary alicyclic amines) is 1. The van der Waals surface area contributed by atoms with Crippen LogP contribution in [0.5, 0.6) is 0 Å². The molecule has 9 nitrogen and oxygen atoms in total. The third kappa shape index (κ3) is 5.77. The van der Waals surface area contributed by atoms with Gasteiger partial charge in [-0.1, -0.05) is 27.7 Å². The quantitative estimate of drug-likeness (QED) is 0.523. The van der Waals surface area contributed by atoms with E-state index in [2.05, 4.69) is 10.6 Å². The minimum Gasteiger partial charge on any atom is -0.363 e. The fourth-order valence-corrected chi connectivity index (χ4v) is 3.14. The largest absolute Gasteiger partial charge is 0.363 e. The molecule has 0 aromatic rings. The number of carbonyl (C=O) groups excluding carboxylic acids is 5. The molecule has 1 aliphatic rings. The highest BCUT2D eigenvalue weighted by molar-refractivity contribution is 6.37. The zero-order valence-electron chi connectivity index (χ0n) is 16.8. The van der Waals surface area contributed by atoms with Gasteiger partial charge in [-0.05, 0) is 24.7 Å². The maximum atomic E-state index is 13.1. The molecular weight excluding hydrogens is 352 g/mol. The third-order valence-corrected chi connectivity index (χ3v) is 4.55. The van der Waals surface area contributed by atoms with Crippen molar-refractivity contribution >= 4 is 29.4 Å². The lowest BCUT2D eigenvalue weighted by molar-refractivity contribution is -0.144. The van der Waals surface area contributed by atoms with Crippen LogP contribution < -0.4 is 16.4 Å². The van der Waals surface area contributed by atoms with Gasteiger partial charge >= 0.3 is 0 Å². The van der Waals surface area contributed by atoms with Crippen molar-refractivity contribution in [3.63, 3.8) is 0 Å². The standard InChI is InChI=1S/C18H30N4O5/c1-9-7-12(16(26)20-10(2)13(24)15(19)25)22(8-9)17(27)14(18(4,5)6)21-11(3)23/h9-10,12,14H,7-8H2,1-6H3,(H2,19,25)(H,20,26)(H,21,23)/t9?,10?,12-,14?/m0/s1. The topological polar surface area (TPSA) is 139 Å². The summed E-state index contributed by atoms with van der Waals surface area (Å²) in [5.74, 6) is -3.17. The van der Waals surface area contributed by atoms with Crippen LogP contribution in [0.15, 0.2) is 0 Å². The summed E-state index contributed by atoms with van der Waals surface area (Å²) in [4.78, 5) is 61.3. The second-order valence-corrected chi connectivity index (χ2v) is 8.31. The fraction of sp³-hybridized carbons (Fsp3) is 0.722. The molecule has 0 saturated carbocycles. The molecule has 1 fully saturated rings. The van der Waals surface area contributed by atoms with E-state index < -0.39 is 41.1 Å². The van der Waals surface area contributed by atoms with Crippen molar-refractivity contribution in [1.82, 2.24) is 15.5 Å². The van der Waals surface area contributed by atoms with Crippen molar-refractivity contribution in [2.24, 2.45) is 17.1 Å². The summed E-state index contributed by atoms with van der Waals surface area (Å²) in [5.41, 5.74) is 4.40. The second-order valence-electron chi connectivity index (χ2n) is 8.31. The molecule has 1 aliphatic heterocycles. The molecule has 3 unspecified atom stereocenters. The SMILES string of the molecule is CC(=O)NC(C(=O)N1CC(C)C[C@H]1C(=O)NC(C)C(=O)C(N)=O)C(C)(C)C. The van der Waals surface area contributed by atoms with E-state index in [1.54, 1.807) is 0 Å². The van der Waals surface area contributed by atoms with Crippen LogP contribution in [-0.2, 0) is 24.0 Å². The maximum absolute atomic E-state index is 13.1. The van der Waals surface area contributed by atoms with Gasteiger partial charge in [-0.25, -0.2) is 0 Å². The number of hydrogen-bond donors (Lipinski definition) is 3. The number of primary amides is 1. The van der Waals surface area contributed by atoms with E-state index in [4.69, 9.17) is 5.73 Å². The van der Waals surface area contributed by atoms with Crippen LogP contribution in [0.4, 0.5) is 0 Å². The average molecular weight is 382 g/mol. The highest BCUT2D eigenvalue weighted by Gasteiger charge is 2.44. The van der Waals surface area contributed by atoms with E-state index in [0.29, 0.717) is 13.0 Å². The Labute approximate surface area is 159 Å². The maximum Gasteiger partial charge on any atom is 0.287 e. The van der Waals surface area contributed by atoms with E-state index in [1.807, 2.05) is 27.7 Å². The summed E-state index contributed by atoms with van der Waals surface area (Å²) in [6, 6.07) is -2.65. The Morgan fingerprint density at radius 3 is 2.11 bits per heavy atom. The third-order valence-electron chi connectivity index (χ3n) is 4.55. The fourth-order valence-electron chi connectivity index (χ4n) is 3.14. The number of rotatable bonds is 6. The Morgan fingerprint density at radius 2 is 1.67 bits per heavy atom. The molecule has 4 N–H and O–H groups in total. The number of nitrogens with two attached hydrogens (primary N) is 1. The first kappa shape index (κ1) is 22.6. The molecule has 0 bridgehead atoms. The molecule has 27 heavy (non-hydrogen) atoms. The van der Waals surface area contributed by atoms with Gasteiger partial charge in [-0.3, -0.25) is 24.0 Å². The predicted molar refractivity (Wildman–Crippen MR) is 98.1 cm³/mol. The molecule has 1 rings (SSSR count). The molecule has 9 heteroatoms. The van der Waals surface area contributed by atoms with Gasteiger partial charge in [0.25, 0.3) is 5.91 Å². The Bertz CT molecular complexity index is 640. The number of carbonyl (C=O) groups is 5. The van der Waals surface area contributed by atoms with Gasteiger partial charge in [-0.15, -0.1) is 0 Å². The summed E-state index contributed by atoms with van der Waals surface area (Å²) in [7, 11) is 0. The summed E-state index contributed by atoms with van der Waals surface area (Å²) in [5, 5.41) is 5.12. The van der Waals surface area contributed by atoms with Gasteiger partial charge < -0.3 is 21.3 Å². The summed E-state index contributed by atoms with van der Waals surface area (Å²) in [6.07, 6.45) is 0.423. The van der Waals surface area contributed by atoms with Gasteiger partial charge in [0.2, 0.25) is 23.5 Å². The van der Waals surface area contributed by atoms with E-state index in [-0.39, 0.29) is 17.7 Å². The van der Waals surface area contributed by atoms with Crippen LogP contribution in [0.25, 0.3) is 0 Å². The van der Waals surface area contributed by atoms with Gasteiger partial charge in [0, 0.05) is 13.5 Å². The molecule has 0 aromatic carbocycles. The molecule has 4 amide bonds. The zero-order chi connectivity index (χ0) is 21.1. The number of hydrogen-bond acceptors (Lipinski definition) is 5. The van der Waals surface area contributed by atoms with Crippen LogP contribution in [0.3, 0.4) is 0 Å². The lowest BCUT2D eigenvalue weighted by Gasteiger charge is -2.35. The molecule has 152 valence electrons. The first-order valence-electron chi connectivity index (χ1n) is 8.97. The number of nitrogens with one attached hydrogen (secondary N) is 2. The molecule has 4 atom stereocenters. The van der Waals surface area contributed by atoms with Crippen molar-refractivity contribution < 1.29 is 24.0 Å². The van der Waals surface area contributed by atoms with Gasteiger partial charge in [0.05, 0.1) is 6.04 Å². The first-order chi connectivity index (χ1) is 12.3. The summed E-state index contributed by atoms with van der Waals surface area (Å²) >= 11 is 0. The van der Waals surface area contributed by atoms with Gasteiger partial charge in [-0.2, -0.15) is 0 Å². The van der Waals surface area contributed by atoms with E-state index in [1.165, 1.54) is 18.7 Å². The van der Waals surface area contributed by atoms with Crippen LogP contribution in [0.1, 0.15) is 48.0 Å². The minimum absolute atomic E-state index is 0.0739. The molecule has 1 heterocycles. The summed E-state index contributed by atoms with van der Waals surface area (Å²) in [6.45, 7) is 10.5. The van der Waals surface area contributed by atoms with Crippen LogP contribution >= 0.6 is 0 Å². The zero-order valence-corrected chi connectivity index (χ0v) is 16.8. The van der Waals surface area contributed by atoms with Crippen molar-refractivity contribution in [3.05, 3.63) is 0 Å². The Morgan fingerprint density at radius 1 is 1.11 bits per heavy atom. The lowest BCUT2D eigenvalue weighted by Crippen LogP contribution is -2.58. The summed E-state index contributed by atoms with van der Waals surface area (Å²) < 4.78 is 0. The molecule has 1 saturated heterocycles. The number of amides is 4. The highest BCUT2D eigenvalue weighted by Crippen LogP contribution is 2.28. The number of Topliss-reactive ketones (excluding diaryl/α,β-unsaturated/α-hetero) is 1. The van der Waals surface area contributed by atoms with Crippen molar-refractivity contribution in [2.75, 3.05) is 6.54 Å². The van der Waals surface area contributed by atoms with E-state index in [0.717, 1.165) is 0 Å². The molecule has 0 spiro atoms.